The van der Waals surface area contributed by atoms with Crippen molar-refractivity contribution in [3.05, 3.63) is 71.3 Å². The van der Waals surface area contributed by atoms with Crippen LogP contribution in [0.15, 0.2) is 48.5 Å². The topological polar surface area (TPSA) is 23.6 Å². The van der Waals surface area contributed by atoms with Crippen molar-refractivity contribution in [2.45, 2.75) is 45.6 Å². The molecule has 5 heteroatoms. The molecule has 2 aromatic rings. The van der Waals surface area contributed by atoms with Gasteiger partial charge in [-0.2, -0.15) is 0 Å². The number of carbonyl (C=O) groups excluding carboxylic acids is 1. The summed E-state index contributed by atoms with van der Waals surface area (Å²) in [6.07, 6.45) is 0. The lowest BCUT2D eigenvalue weighted by molar-refractivity contribution is -0.138. The molecule has 0 radical (unpaired) electrons. The summed E-state index contributed by atoms with van der Waals surface area (Å²) in [5.41, 5.74) is 1.78. The van der Waals surface area contributed by atoms with Gasteiger partial charge in [0, 0.05) is 44.2 Å². The van der Waals surface area contributed by atoms with E-state index in [9.17, 15) is 13.6 Å². The molecule has 5 atom stereocenters. The molecule has 3 nitrogen and oxygen atoms in total. The Kier molecular flexibility index (Phi) is 6.66. The van der Waals surface area contributed by atoms with Gasteiger partial charge in [-0.3, -0.25) is 9.69 Å². The number of amides is 1. The van der Waals surface area contributed by atoms with Gasteiger partial charge in [0.15, 0.2) is 0 Å². The smallest absolute Gasteiger partial charge is 0.227 e. The molecular weight excluding hydrogens is 406 g/mol. The summed E-state index contributed by atoms with van der Waals surface area (Å²) in [6.45, 7) is 11.3. The second-order valence-electron chi connectivity index (χ2n) is 10.1. The fraction of sp³-hybridized carbons (Fsp3) is 0.519. The van der Waals surface area contributed by atoms with Crippen LogP contribution in [0.2, 0.25) is 0 Å². The van der Waals surface area contributed by atoms with Crippen LogP contribution in [0.4, 0.5) is 8.78 Å². The first-order chi connectivity index (χ1) is 15.3. The van der Waals surface area contributed by atoms with Crippen molar-refractivity contribution < 1.29 is 13.6 Å². The van der Waals surface area contributed by atoms with E-state index in [1.165, 1.54) is 17.7 Å². The van der Waals surface area contributed by atoms with Crippen LogP contribution < -0.4 is 0 Å². The van der Waals surface area contributed by atoms with Crippen LogP contribution >= 0.6 is 0 Å². The maximum atomic E-state index is 14.7. The fourth-order valence-electron chi connectivity index (χ4n) is 5.93. The van der Waals surface area contributed by atoms with E-state index in [0.717, 1.165) is 6.07 Å². The van der Waals surface area contributed by atoms with Crippen LogP contribution in [0.3, 0.4) is 0 Å². The Bertz CT molecular complexity index is 936. The van der Waals surface area contributed by atoms with Gasteiger partial charge >= 0.3 is 0 Å². The zero-order valence-electron chi connectivity index (χ0n) is 19.5. The minimum atomic E-state index is -0.585. The molecule has 2 aliphatic heterocycles. The Labute approximate surface area is 190 Å². The number of hydrogen-bond donors (Lipinski definition) is 0. The number of carbonyl (C=O) groups is 1. The highest BCUT2D eigenvalue weighted by molar-refractivity contribution is 5.81. The zero-order chi connectivity index (χ0) is 23.0. The van der Waals surface area contributed by atoms with E-state index in [4.69, 9.17) is 0 Å². The van der Waals surface area contributed by atoms with E-state index in [2.05, 4.69) is 56.9 Å². The van der Waals surface area contributed by atoms with E-state index < -0.39 is 11.6 Å². The lowest BCUT2D eigenvalue weighted by Crippen LogP contribution is -2.49. The van der Waals surface area contributed by atoms with Gasteiger partial charge in [-0.1, -0.05) is 50.2 Å². The maximum absolute atomic E-state index is 14.7. The fourth-order valence-corrected chi connectivity index (χ4v) is 5.93. The third kappa shape index (κ3) is 4.45. The van der Waals surface area contributed by atoms with Crippen molar-refractivity contribution in [1.82, 2.24) is 9.80 Å². The van der Waals surface area contributed by atoms with Gasteiger partial charge in [-0.05, 0) is 48.8 Å². The van der Waals surface area contributed by atoms with Crippen molar-refractivity contribution in [3.63, 3.8) is 0 Å². The van der Waals surface area contributed by atoms with Crippen LogP contribution in [0.25, 0.3) is 0 Å². The molecule has 0 spiro atoms. The Morgan fingerprint density at radius 2 is 1.59 bits per heavy atom. The standard InChI is InChI=1S/C27H34F2N2O/c1-17(2)30-15-23(22-11-10-21(28)12-25(22)29)24(16-30)27(32)31-13-18(3)26(19(4)14-31)20-8-6-5-7-9-20/h5-12,17-19,23-24,26H,13-16H2,1-4H3/t18-,19+,23-,24+,26?/m0/s1. The average Bonchev–Trinajstić information content (AvgIpc) is 3.19. The Hall–Kier alpha value is -2.27. The molecule has 1 unspecified atom stereocenters. The summed E-state index contributed by atoms with van der Waals surface area (Å²) in [4.78, 5) is 18.0. The Morgan fingerprint density at radius 3 is 2.19 bits per heavy atom. The van der Waals surface area contributed by atoms with E-state index in [1.807, 2.05) is 11.0 Å². The first kappa shape index (κ1) is 22.9. The highest BCUT2D eigenvalue weighted by Gasteiger charge is 2.44. The number of rotatable bonds is 4. The second-order valence-corrected chi connectivity index (χ2v) is 10.1. The first-order valence-corrected chi connectivity index (χ1v) is 11.8. The highest BCUT2D eigenvalue weighted by atomic mass is 19.1. The van der Waals surface area contributed by atoms with Crippen LogP contribution in [0, 0.1) is 29.4 Å². The summed E-state index contributed by atoms with van der Waals surface area (Å²) in [5, 5.41) is 0. The minimum absolute atomic E-state index is 0.104. The van der Waals surface area contributed by atoms with Crippen LogP contribution in [-0.4, -0.2) is 47.9 Å². The van der Waals surface area contributed by atoms with Crippen molar-refractivity contribution in [2.24, 2.45) is 17.8 Å². The molecule has 2 aromatic carbocycles. The molecule has 2 aliphatic rings. The summed E-state index contributed by atoms with van der Waals surface area (Å²) in [7, 11) is 0. The van der Waals surface area contributed by atoms with Gasteiger partial charge in [-0.15, -0.1) is 0 Å². The Balaban J connectivity index is 1.56. The van der Waals surface area contributed by atoms with Gasteiger partial charge in [0.05, 0.1) is 5.92 Å². The second kappa shape index (κ2) is 9.30. The third-order valence-electron chi connectivity index (χ3n) is 7.50. The lowest BCUT2D eigenvalue weighted by atomic mass is 9.74. The number of likely N-dealkylation sites (tertiary alicyclic amines) is 2. The molecule has 1 amide bonds. The average molecular weight is 441 g/mol. The van der Waals surface area contributed by atoms with Gasteiger partial charge < -0.3 is 4.90 Å². The van der Waals surface area contributed by atoms with Crippen molar-refractivity contribution >= 4 is 5.91 Å². The largest absolute Gasteiger partial charge is 0.342 e. The number of hydrogen-bond acceptors (Lipinski definition) is 2. The number of piperidine rings is 1. The molecule has 2 fully saturated rings. The normalized spacial score (nSPS) is 29.0. The summed E-state index contributed by atoms with van der Waals surface area (Å²) in [5.74, 6) is -0.509. The molecule has 0 bridgehead atoms. The van der Waals surface area contributed by atoms with E-state index >= 15 is 0 Å². The molecule has 32 heavy (non-hydrogen) atoms. The number of halogens is 2. The van der Waals surface area contributed by atoms with Gasteiger partial charge in [-0.25, -0.2) is 8.78 Å². The first-order valence-electron chi connectivity index (χ1n) is 11.8. The van der Waals surface area contributed by atoms with E-state index in [1.54, 1.807) is 0 Å². The predicted octanol–water partition coefficient (Wildman–Crippen LogP) is 5.29. The van der Waals surface area contributed by atoms with Crippen LogP contribution in [0.5, 0.6) is 0 Å². The van der Waals surface area contributed by atoms with Gasteiger partial charge in [0.1, 0.15) is 11.6 Å². The van der Waals surface area contributed by atoms with E-state index in [0.29, 0.717) is 49.5 Å². The number of benzene rings is 2. The molecule has 4 rings (SSSR count). The quantitative estimate of drug-likeness (QED) is 0.645. The van der Waals surface area contributed by atoms with Crippen LogP contribution in [0.1, 0.15) is 50.7 Å². The highest BCUT2D eigenvalue weighted by Crippen LogP contribution is 2.40. The summed E-state index contributed by atoms with van der Waals surface area (Å²) < 4.78 is 28.2. The van der Waals surface area contributed by atoms with Crippen molar-refractivity contribution in [3.8, 4) is 0 Å². The molecular formula is C27H34F2N2O. The zero-order valence-corrected chi connectivity index (χ0v) is 19.5. The molecule has 172 valence electrons. The molecule has 2 heterocycles. The number of nitrogens with zero attached hydrogens (tertiary/aromatic N) is 2. The molecule has 0 N–H and O–H groups in total. The summed E-state index contributed by atoms with van der Waals surface area (Å²) in [6, 6.07) is 14.6. The predicted molar refractivity (Wildman–Crippen MR) is 123 cm³/mol. The van der Waals surface area contributed by atoms with Crippen molar-refractivity contribution in [1.29, 1.82) is 0 Å². The van der Waals surface area contributed by atoms with E-state index in [-0.39, 0.29) is 23.8 Å². The summed E-state index contributed by atoms with van der Waals surface area (Å²) >= 11 is 0. The van der Waals surface area contributed by atoms with Gasteiger partial charge in [0.2, 0.25) is 5.91 Å². The lowest BCUT2D eigenvalue weighted by Gasteiger charge is -2.43. The molecule has 0 aliphatic carbocycles. The van der Waals surface area contributed by atoms with Gasteiger partial charge in [0.25, 0.3) is 0 Å². The molecule has 0 aromatic heterocycles. The monoisotopic (exact) mass is 440 g/mol. The third-order valence-corrected chi connectivity index (χ3v) is 7.50. The van der Waals surface area contributed by atoms with Crippen molar-refractivity contribution in [2.75, 3.05) is 26.2 Å². The van der Waals surface area contributed by atoms with Crippen LogP contribution in [-0.2, 0) is 4.79 Å². The molecule has 2 saturated heterocycles. The minimum Gasteiger partial charge on any atom is -0.342 e. The molecule has 0 saturated carbocycles. The maximum Gasteiger partial charge on any atom is 0.227 e. The Morgan fingerprint density at radius 1 is 0.938 bits per heavy atom. The SMILES string of the molecule is CC(C)N1C[C@@H](C(=O)N2C[C@@H](C)C(c3ccccc3)[C@@H](C)C2)[C@H](c2ccc(F)cc2F)C1.